The highest BCUT2D eigenvalue weighted by atomic mass is 16.6. The number of aromatic nitrogens is 2. The Bertz CT molecular complexity index is 472. The molecular formula is C13H21N5O2. The zero-order valence-corrected chi connectivity index (χ0v) is 12.0. The SMILES string of the molecule is CCOC(=O)N1CCN(c2nc(C)cc(CN)n2)CC1. The lowest BCUT2D eigenvalue weighted by molar-refractivity contribution is 0.105. The van der Waals surface area contributed by atoms with Crippen molar-refractivity contribution in [1.82, 2.24) is 14.9 Å². The normalized spacial score (nSPS) is 15.3. The summed E-state index contributed by atoms with van der Waals surface area (Å²) in [5.41, 5.74) is 7.37. The minimum absolute atomic E-state index is 0.250. The van der Waals surface area contributed by atoms with E-state index in [9.17, 15) is 4.79 Å². The Kier molecular flexibility index (Phi) is 4.73. The van der Waals surface area contributed by atoms with Gasteiger partial charge in [0.25, 0.3) is 0 Å². The fraction of sp³-hybridized carbons (Fsp3) is 0.615. The number of nitrogens with two attached hydrogens (primary N) is 1. The summed E-state index contributed by atoms with van der Waals surface area (Å²) in [6.07, 6.45) is -0.250. The predicted molar refractivity (Wildman–Crippen MR) is 75.5 cm³/mol. The third-order valence-electron chi connectivity index (χ3n) is 3.19. The molecule has 0 atom stereocenters. The van der Waals surface area contributed by atoms with E-state index < -0.39 is 0 Å². The monoisotopic (exact) mass is 279 g/mol. The molecule has 0 saturated carbocycles. The van der Waals surface area contributed by atoms with Crippen LogP contribution < -0.4 is 10.6 Å². The van der Waals surface area contributed by atoms with E-state index in [0.29, 0.717) is 45.3 Å². The molecule has 1 amide bonds. The summed E-state index contributed by atoms with van der Waals surface area (Å²) in [4.78, 5) is 24.3. The van der Waals surface area contributed by atoms with Crippen LogP contribution in [0, 0.1) is 6.92 Å². The molecule has 1 aromatic rings. The van der Waals surface area contributed by atoms with Gasteiger partial charge in [-0.3, -0.25) is 0 Å². The zero-order chi connectivity index (χ0) is 14.5. The van der Waals surface area contributed by atoms with Gasteiger partial charge in [0.05, 0.1) is 12.3 Å². The molecule has 1 fully saturated rings. The molecule has 2 rings (SSSR count). The van der Waals surface area contributed by atoms with E-state index in [0.717, 1.165) is 11.4 Å². The maximum Gasteiger partial charge on any atom is 0.409 e. The minimum Gasteiger partial charge on any atom is -0.450 e. The molecular weight excluding hydrogens is 258 g/mol. The summed E-state index contributed by atoms with van der Waals surface area (Å²) in [6.45, 7) is 7.18. The van der Waals surface area contributed by atoms with Crippen LogP contribution in [0.3, 0.4) is 0 Å². The summed E-state index contributed by atoms with van der Waals surface area (Å²) >= 11 is 0. The number of aryl methyl sites for hydroxylation is 1. The van der Waals surface area contributed by atoms with Gasteiger partial charge in [-0.05, 0) is 19.9 Å². The number of anilines is 1. The second-order valence-corrected chi connectivity index (χ2v) is 4.68. The Labute approximate surface area is 118 Å². The van der Waals surface area contributed by atoms with Crippen molar-refractivity contribution >= 4 is 12.0 Å². The summed E-state index contributed by atoms with van der Waals surface area (Å²) in [5, 5.41) is 0. The van der Waals surface area contributed by atoms with Crippen LogP contribution in [-0.2, 0) is 11.3 Å². The van der Waals surface area contributed by atoms with Crippen molar-refractivity contribution in [2.45, 2.75) is 20.4 Å². The van der Waals surface area contributed by atoms with Crippen LogP contribution in [0.2, 0.25) is 0 Å². The molecule has 0 spiro atoms. The molecule has 1 aromatic heterocycles. The molecule has 7 nitrogen and oxygen atoms in total. The number of carbonyl (C=O) groups is 1. The molecule has 0 radical (unpaired) electrons. The third kappa shape index (κ3) is 3.36. The topological polar surface area (TPSA) is 84.6 Å². The van der Waals surface area contributed by atoms with E-state index in [4.69, 9.17) is 10.5 Å². The highest BCUT2D eigenvalue weighted by Gasteiger charge is 2.23. The Morgan fingerprint density at radius 3 is 2.65 bits per heavy atom. The van der Waals surface area contributed by atoms with E-state index in [1.165, 1.54) is 0 Å². The number of ether oxygens (including phenoxy) is 1. The standard InChI is InChI=1S/C13H21N5O2/c1-3-20-13(19)18-6-4-17(5-7-18)12-15-10(2)8-11(9-14)16-12/h8H,3-7,9,14H2,1-2H3. The van der Waals surface area contributed by atoms with Gasteiger partial charge in [0.15, 0.2) is 0 Å². The number of hydrogen-bond acceptors (Lipinski definition) is 6. The molecule has 0 aliphatic carbocycles. The van der Waals surface area contributed by atoms with Gasteiger partial charge in [0.1, 0.15) is 0 Å². The van der Waals surface area contributed by atoms with Crippen LogP contribution in [0.1, 0.15) is 18.3 Å². The van der Waals surface area contributed by atoms with E-state index in [1.54, 1.807) is 4.90 Å². The second kappa shape index (κ2) is 6.51. The van der Waals surface area contributed by atoms with Gasteiger partial charge < -0.3 is 20.3 Å². The lowest BCUT2D eigenvalue weighted by atomic mass is 10.3. The fourth-order valence-corrected chi connectivity index (χ4v) is 2.17. The van der Waals surface area contributed by atoms with Gasteiger partial charge in [0, 0.05) is 38.4 Å². The van der Waals surface area contributed by atoms with E-state index in [-0.39, 0.29) is 6.09 Å². The molecule has 1 saturated heterocycles. The Balaban J connectivity index is 2.00. The van der Waals surface area contributed by atoms with Crippen LogP contribution in [0.25, 0.3) is 0 Å². The quantitative estimate of drug-likeness (QED) is 0.868. The van der Waals surface area contributed by atoms with Gasteiger partial charge in [-0.1, -0.05) is 0 Å². The first-order valence-electron chi connectivity index (χ1n) is 6.85. The molecule has 2 heterocycles. The Morgan fingerprint density at radius 1 is 1.35 bits per heavy atom. The van der Waals surface area contributed by atoms with Crippen LogP contribution in [0.4, 0.5) is 10.7 Å². The van der Waals surface area contributed by atoms with Gasteiger partial charge in [-0.2, -0.15) is 0 Å². The number of amides is 1. The van der Waals surface area contributed by atoms with Gasteiger partial charge in [0.2, 0.25) is 5.95 Å². The maximum absolute atomic E-state index is 11.6. The highest BCUT2D eigenvalue weighted by Crippen LogP contribution is 2.13. The molecule has 110 valence electrons. The average molecular weight is 279 g/mol. The molecule has 0 unspecified atom stereocenters. The lowest BCUT2D eigenvalue weighted by Gasteiger charge is -2.34. The molecule has 1 aliphatic heterocycles. The first-order valence-corrected chi connectivity index (χ1v) is 6.85. The van der Waals surface area contributed by atoms with E-state index in [2.05, 4.69) is 14.9 Å². The largest absolute Gasteiger partial charge is 0.450 e. The van der Waals surface area contributed by atoms with Crippen molar-refractivity contribution in [3.63, 3.8) is 0 Å². The molecule has 1 aliphatic rings. The van der Waals surface area contributed by atoms with Crippen LogP contribution in [-0.4, -0.2) is 53.7 Å². The number of hydrogen-bond donors (Lipinski definition) is 1. The number of carbonyl (C=O) groups excluding carboxylic acids is 1. The summed E-state index contributed by atoms with van der Waals surface area (Å²) < 4.78 is 5.00. The summed E-state index contributed by atoms with van der Waals surface area (Å²) in [7, 11) is 0. The lowest BCUT2D eigenvalue weighted by Crippen LogP contribution is -2.49. The number of nitrogens with zero attached hydrogens (tertiary/aromatic N) is 4. The predicted octanol–water partition coefficient (Wildman–Crippen LogP) is 0.522. The van der Waals surface area contributed by atoms with Crippen molar-refractivity contribution in [2.24, 2.45) is 5.73 Å². The van der Waals surface area contributed by atoms with Crippen molar-refractivity contribution in [1.29, 1.82) is 0 Å². The minimum atomic E-state index is -0.250. The Morgan fingerprint density at radius 2 is 2.05 bits per heavy atom. The maximum atomic E-state index is 11.6. The average Bonchev–Trinajstić information content (AvgIpc) is 2.47. The van der Waals surface area contributed by atoms with Crippen molar-refractivity contribution < 1.29 is 9.53 Å². The number of rotatable bonds is 3. The van der Waals surface area contributed by atoms with Crippen LogP contribution in [0.5, 0.6) is 0 Å². The van der Waals surface area contributed by atoms with Gasteiger partial charge in [-0.15, -0.1) is 0 Å². The molecule has 2 N–H and O–H groups in total. The zero-order valence-electron chi connectivity index (χ0n) is 12.0. The van der Waals surface area contributed by atoms with Crippen LogP contribution in [0.15, 0.2) is 6.07 Å². The van der Waals surface area contributed by atoms with Gasteiger partial charge in [-0.25, -0.2) is 14.8 Å². The Hall–Kier alpha value is -1.89. The van der Waals surface area contributed by atoms with Gasteiger partial charge >= 0.3 is 6.09 Å². The van der Waals surface area contributed by atoms with Crippen molar-refractivity contribution in [3.8, 4) is 0 Å². The first-order chi connectivity index (χ1) is 9.63. The van der Waals surface area contributed by atoms with Crippen molar-refractivity contribution in [2.75, 3.05) is 37.7 Å². The van der Waals surface area contributed by atoms with Crippen molar-refractivity contribution in [3.05, 3.63) is 17.5 Å². The molecule has 0 aromatic carbocycles. The van der Waals surface area contributed by atoms with E-state index >= 15 is 0 Å². The first kappa shape index (κ1) is 14.5. The van der Waals surface area contributed by atoms with E-state index in [1.807, 2.05) is 19.9 Å². The van der Waals surface area contributed by atoms with Crippen LogP contribution >= 0.6 is 0 Å². The number of piperazine rings is 1. The molecule has 20 heavy (non-hydrogen) atoms. The molecule has 0 bridgehead atoms. The second-order valence-electron chi connectivity index (χ2n) is 4.68. The summed E-state index contributed by atoms with van der Waals surface area (Å²) in [6, 6.07) is 1.89. The molecule has 7 heteroatoms. The highest BCUT2D eigenvalue weighted by molar-refractivity contribution is 5.68. The summed E-state index contributed by atoms with van der Waals surface area (Å²) in [5.74, 6) is 0.689. The third-order valence-corrected chi connectivity index (χ3v) is 3.19. The smallest absolute Gasteiger partial charge is 0.409 e. The fourth-order valence-electron chi connectivity index (χ4n) is 2.17.